The molecule has 1 unspecified atom stereocenters. The van der Waals surface area contributed by atoms with Crippen LogP contribution in [0.25, 0.3) is 21.8 Å². The number of aliphatic hydroxyl groups is 1. The number of aromatic nitrogens is 2. The summed E-state index contributed by atoms with van der Waals surface area (Å²) in [6, 6.07) is 14.8. The summed E-state index contributed by atoms with van der Waals surface area (Å²) in [6.07, 6.45) is -1.43. The molecule has 0 saturated carbocycles. The Morgan fingerprint density at radius 2 is 1.75 bits per heavy atom. The van der Waals surface area contributed by atoms with Gasteiger partial charge in [-0.15, -0.1) is 0 Å². The van der Waals surface area contributed by atoms with Crippen LogP contribution in [0.4, 0.5) is 0 Å². The normalized spacial score (nSPS) is 11.7. The van der Waals surface area contributed by atoms with Crippen LogP contribution in [0.15, 0.2) is 54.6 Å². The molecule has 9 nitrogen and oxygen atoms in total. The summed E-state index contributed by atoms with van der Waals surface area (Å²) in [4.78, 5) is 16.8. The number of para-hydroxylation sites is 1. The molecule has 2 heterocycles. The highest BCUT2D eigenvalue weighted by Crippen LogP contribution is 2.40. The minimum Gasteiger partial charge on any atom is -0.493 e. The van der Waals surface area contributed by atoms with E-state index in [1.54, 1.807) is 20.3 Å². The Morgan fingerprint density at radius 3 is 2.33 bits per heavy atom. The minimum atomic E-state index is -1.43. The first kappa shape index (κ1) is 24.6. The average Bonchev–Trinajstić information content (AvgIpc) is 3.23. The van der Waals surface area contributed by atoms with Crippen LogP contribution in [-0.4, -0.2) is 49.1 Å². The van der Waals surface area contributed by atoms with Gasteiger partial charge < -0.3 is 28.6 Å². The smallest absolute Gasteiger partial charge is 0.356 e. The van der Waals surface area contributed by atoms with Gasteiger partial charge in [0.25, 0.3) is 0 Å². The molecule has 0 aliphatic rings. The van der Waals surface area contributed by atoms with Gasteiger partial charge in [0.2, 0.25) is 5.75 Å². The lowest BCUT2D eigenvalue weighted by Crippen LogP contribution is -2.12. The fraction of sp³-hybridized carbons (Fsp3) is 0.222. The number of hydrogen-bond acceptors (Lipinski definition) is 8. The maximum atomic E-state index is 12.4. The number of carbonyl (C=O) groups is 1. The molecule has 1 atom stereocenters. The van der Waals surface area contributed by atoms with Crippen molar-refractivity contribution < 1.29 is 28.8 Å². The number of ether oxygens (including phenoxy) is 4. The van der Waals surface area contributed by atoms with E-state index in [-0.39, 0.29) is 17.0 Å². The van der Waals surface area contributed by atoms with E-state index in [1.165, 1.54) is 14.2 Å². The van der Waals surface area contributed by atoms with E-state index in [0.717, 1.165) is 16.5 Å². The first-order valence-electron chi connectivity index (χ1n) is 10.9. The van der Waals surface area contributed by atoms with Crippen molar-refractivity contribution in [2.45, 2.75) is 12.6 Å². The molecule has 36 heavy (non-hydrogen) atoms. The van der Waals surface area contributed by atoms with Gasteiger partial charge in [-0.25, -0.2) is 9.78 Å². The zero-order valence-electron chi connectivity index (χ0n) is 20.4. The molecule has 0 aliphatic carbocycles. The fourth-order valence-electron chi connectivity index (χ4n) is 4.30. The predicted octanol–water partition coefficient (Wildman–Crippen LogP) is 4.16. The summed E-state index contributed by atoms with van der Waals surface area (Å²) >= 11 is 0. The maximum absolute atomic E-state index is 12.4. The second kappa shape index (κ2) is 9.98. The summed E-state index contributed by atoms with van der Waals surface area (Å²) in [5, 5.41) is 21.9. The predicted molar refractivity (Wildman–Crippen MR) is 133 cm³/mol. The third-order valence-electron chi connectivity index (χ3n) is 5.97. The van der Waals surface area contributed by atoms with Gasteiger partial charge >= 0.3 is 5.97 Å². The van der Waals surface area contributed by atoms with Gasteiger partial charge in [0.05, 0.1) is 51.3 Å². The molecule has 0 bridgehead atoms. The lowest BCUT2D eigenvalue weighted by atomic mass is 10.0. The first-order valence-corrected chi connectivity index (χ1v) is 10.9. The largest absolute Gasteiger partial charge is 0.493 e. The van der Waals surface area contributed by atoms with Crippen molar-refractivity contribution in [1.29, 1.82) is 5.26 Å². The number of hydrogen-bond donors (Lipinski definition) is 1. The van der Waals surface area contributed by atoms with Crippen LogP contribution < -0.4 is 14.2 Å². The van der Waals surface area contributed by atoms with Crippen molar-refractivity contribution in [3.8, 4) is 23.3 Å². The van der Waals surface area contributed by atoms with Crippen molar-refractivity contribution in [3.63, 3.8) is 0 Å². The second-order valence-electron chi connectivity index (χ2n) is 7.96. The number of nitriles is 1. The van der Waals surface area contributed by atoms with E-state index < -0.39 is 12.1 Å². The number of fused-ring (bicyclic) bond motifs is 3. The second-order valence-corrected chi connectivity index (χ2v) is 7.96. The van der Waals surface area contributed by atoms with Gasteiger partial charge in [-0.3, -0.25) is 0 Å². The molecule has 0 amide bonds. The standard InChI is InChI=1S/C27H25N3O6/c1-15(13-28)25(31)23-24-18(12-19(29-23)27(32)36-5)17-8-6-7-9-20(17)30(24)14-16-10-21(33-2)26(35-4)22(11-16)34-3/h6-12,25,31H,1,14H2,2-5H3. The molecule has 0 fully saturated rings. The lowest BCUT2D eigenvalue weighted by molar-refractivity contribution is 0.0593. The van der Waals surface area contributed by atoms with Gasteiger partial charge in [-0.1, -0.05) is 24.8 Å². The first-order chi connectivity index (χ1) is 17.4. The quantitative estimate of drug-likeness (QED) is 0.291. The van der Waals surface area contributed by atoms with Gasteiger partial charge in [0, 0.05) is 22.8 Å². The Balaban J connectivity index is 2.05. The van der Waals surface area contributed by atoms with Gasteiger partial charge in [-0.2, -0.15) is 5.26 Å². The van der Waals surface area contributed by atoms with E-state index in [1.807, 2.05) is 47.0 Å². The highest BCUT2D eigenvalue weighted by Gasteiger charge is 2.25. The third-order valence-corrected chi connectivity index (χ3v) is 5.97. The summed E-state index contributed by atoms with van der Waals surface area (Å²) in [5.41, 5.74) is 2.25. The molecule has 4 aromatic rings. The number of nitrogens with zero attached hydrogens (tertiary/aromatic N) is 3. The topological polar surface area (TPSA) is 116 Å². The molecule has 0 spiro atoms. The Morgan fingerprint density at radius 1 is 1.08 bits per heavy atom. The van der Waals surface area contributed by atoms with Crippen LogP contribution in [0.3, 0.4) is 0 Å². The molecule has 184 valence electrons. The number of aliphatic hydroxyl groups excluding tert-OH is 1. The zero-order chi connectivity index (χ0) is 26.0. The maximum Gasteiger partial charge on any atom is 0.356 e. The van der Waals surface area contributed by atoms with E-state index in [4.69, 9.17) is 18.9 Å². The van der Waals surface area contributed by atoms with Crippen molar-refractivity contribution in [2.75, 3.05) is 28.4 Å². The number of methoxy groups -OCH3 is 4. The summed E-state index contributed by atoms with van der Waals surface area (Å²) in [7, 11) is 5.88. The number of esters is 1. The Hall–Kier alpha value is -4.55. The van der Waals surface area contributed by atoms with Crippen LogP contribution >= 0.6 is 0 Å². The molecule has 0 aliphatic heterocycles. The molecule has 9 heteroatoms. The van der Waals surface area contributed by atoms with E-state index in [9.17, 15) is 15.2 Å². The number of benzene rings is 2. The fourth-order valence-corrected chi connectivity index (χ4v) is 4.30. The van der Waals surface area contributed by atoms with Crippen molar-refractivity contribution in [1.82, 2.24) is 9.55 Å². The summed E-state index contributed by atoms with van der Waals surface area (Å²) in [5.74, 6) is 0.805. The van der Waals surface area contributed by atoms with E-state index >= 15 is 0 Å². The van der Waals surface area contributed by atoms with Gasteiger partial charge in [0.1, 0.15) is 11.8 Å². The minimum absolute atomic E-state index is 0.0143. The van der Waals surface area contributed by atoms with Crippen molar-refractivity contribution in [2.24, 2.45) is 0 Å². The van der Waals surface area contributed by atoms with Gasteiger partial charge in [0.15, 0.2) is 11.5 Å². The molecule has 2 aromatic carbocycles. The molecule has 4 rings (SSSR count). The molecular weight excluding hydrogens is 462 g/mol. The van der Waals surface area contributed by atoms with Crippen LogP contribution in [0.1, 0.15) is 27.8 Å². The number of carbonyl (C=O) groups excluding carboxylic acids is 1. The Bertz CT molecular complexity index is 1510. The van der Waals surface area contributed by atoms with Crippen molar-refractivity contribution in [3.05, 3.63) is 71.6 Å². The molecule has 1 N–H and O–H groups in total. The highest BCUT2D eigenvalue weighted by atomic mass is 16.5. The van der Waals surface area contributed by atoms with Crippen molar-refractivity contribution >= 4 is 27.8 Å². The zero-order valence-corrected chi connectivity index (χ0v) is 20.4. The average molecular weight is 488 g/mol. The van der Waals surface area contributed by atoms with Crippen LogP contribution in [-0.2, 0) is 11.3 Å². The molecular formula is C27H25N3O6. The van der Waals surface area contributed by atoms with Crippen LogP contribution in [0.2, 0.25) is 0 Å². The third kappa shape index (κ3) is 4.08. The number of pyridine rings is 1. The Kier molecular flexibility index (Phi) is 6.81. The summed E-state index contributed by atoms with van der Waals surface area (Å²) in [6.45, 7) is 3.99. The van der Waals surface area contributed by atoms with E-state index in [0.29, 0.717) is 34.7 Å². The Labute approximate surface area is 207 Å². The highest BCUT2D eigenvalue weighted by molar-refractivity contribution is 6.10. The molecule has 0 saturated heterocycles. The SMILES string of the molecule is C=C(C#N)C(O)c1nc(C(=O)OC)cc2c3ccccc3n(Cc3cc(OC)c(OC)c(OC)c3)c12. The lowest BCUT2D eigenvalue weighted by Gasteiger charge is -2.17. The summed E-state index contributed by atoms with van der Waals surface area (Å²) < 4.78 is 23.3. The monoisotopic (exact) mass is 487 g/mol. The molecule has 0 radical (unpaired) electrons. The van der Waals surface area contributed by atoms with E-state index in [2.05, 4.69) is 11.6 Å². The number of rotatable bonds is 8. The van der Waals surface area contributed by atoms with Gasteiger partial charge in [-0.05, 0) is 29.8 Å². The van der Waals surface area contributed by atoms with Crippen LogP contribution in [0, 0.1) is 11.3 Å². The molecule has 2 aromatic heterocycles. The van der Waals surface area contributed by atoms with Crippen LogP contribution in [0.5, 0.6) is 17.2 Å².